The summed E-state index contributed by atoms with van der Waals surface area (Å²) in [5.41, 5.74) is 11.8. The lowest BCUT2D eigenvalue weighted by Gasteiger charge is -2.27. The molecule has 5 rings (SSSR count). The second-order valence-electron chi connectivity index (χ2n) is 10.4. The Morgan fingerprint density at radius 1 is 0.976 bits per heavy atom. The highest BCUT2D eigenvalue weighted by Gasteiger charge is 2.32. The highest BCUT2D eigenvalue weighted by molar-refractivity contribution is 6.03. The van der Waals surface area contributed by atoms with E-state index in [1.54, 1.807) is 18.9 Å². The molecule has 0 aromatic heterocycles. The summed E-state index contributed by atoms with van der Waals surface area (Å²) in [5, 5.41) is 10.5. The Bertz CT molecular complexity index is 1580. The highest BCUT2D eigenvalue weighted by Crippen LogP contribution is 2.35. The van der Waals surface area contributed by atoms with Crippen LogP contribution in [-0.4, -0.2) is 37.0 Å². The van der Waals surface area contributed by atoms with Crippen LogP contribution in [0.2, 0.25) is 0 Å². The predicted octanol–water partition coefficient (Wildman–Crippen LogP) is 4.25. The number of aryl methyl sites for hydroxylation is 1. The van der Waals surface area contributed by atoms with E-state index in [2.05, 4.69) is 28.1 Å². The Balaban J connectivity index is 1.46. The summed E-state index contributed by atoms with van der Waals surface area (Å²) in [6.07, 6.45) is 1.15. The quantitative estimate of drug-likeness (QED) is 0.276. The smallest absolute Gasteiger partial charge is 0.314 e. The van der Waals surface area contributed by atoms with Crippen LogP contribution < -0.4 is 26.6 Å². The van der Waals surface area contributed by atoms with Gasteiger partial charge in [-0.1, -0.05) is 78.9 Å². The fraction of sp³-hybridized carbons (Fsp3) is 0.242. The molecule has 0 saturated carbocycles. The maximum absolute atomic E-state index is 13.9. The lowest BCUT2D eigenvalue weighted by Crippen LogP contribution is -2.51. The number of carbonyl (C=O) groups is 3. The molecule has 2 atom stereocenters. The van der Waals surface area contributed by atoms with Gasteiger partial charge in [0, 0.05) is 19.3 Å². The van der Waals surface area contributed by atoms with Crippen LogP contribution in [0.1, 0.15) is 30.0 Å². The summed E-state index contributed by atoms with van der Waals surface area (Å²) in [6, 6.07) is 26.7. The number of nitrogens with zero attached hydrogens (tertiary/aromatic N) is 1. The first kappa shape index (κ1) is 27.9. The molecule has 1 aliphatic heterocycles. The molecule has 4 amide bonds. The van der Waals surface area contributed by atoms with Gasteiger partial charge in [0.05, 0.1) is 12.6 Å². The van der Waals surface area contributed by atoms with Crippen LogP contribution in [0.25, 0.3) is 21.9 Å². The molecule has 0 saturated heterocycles. The topological polar surface area (TPSA) is 117 Å². The number of hydrogen-bond donors (Lipinski definition) is 4. The first-order valence-corrected chi connectivity index (χ1v) is 13.9. The van der Waals surface area contributed by atoms with Crippen LogP contribution in [-0.2, 0) is 29.1 Å². The Labute approximate surface area is 239 Å². The molecule has 41 heavy (non-hydrogen) atoms. The fourth-order valence-electron chi connectivity index (χ4n) is 5.35. The Morgan fingerprint density at radius 3 is 2.46 bits per heavy atom. The van der Waals surface area contributed by atoms with Crippen molar-refractivity contribution < 1.29 is 14.4 Å². The van der Waals surface area contributed by atoms with Gasteiger partial charge in [-0.2, -0.15) is 0 Å². The Kier molecular flexibility index (Phi) is 8.31. The molecule has 1 aliphatic rings. The molecule has 4 aromatic carbocycles. The van der Waals surface area contributed by atoms with Gasteiger partial charge in [-0.05, 0) is 64.4 Å². The van der Waals surface area contributed by atoms with Crippen molar-refractivity contribution in [3.8, 4) is 11.1 Å². The number of rotatable bonds is 7. The number of benzene rings is 4. The van der Waals surface area contributed by atoms with E-state index in [-0.39, 0.29) is 17.8 Å². The molecule has 0 radical (unpaired) electrons. The molecule has 4 aromatic rings. The first-order valence-electron chi connectivity index (χ1n) is 13.9. The average molecular weight is 550 g/mol. The zero-order valence-electron chi connectivity index (χ0n) is 23.3. The Hall–Kier alpha value is -4.69. The van der Waals surface area contributed by atoms with E-state index in [0.29, 0.717) is 25.9 Å². The highest BCUT2D eigenvalue weighted by atomic mass is 16.2. The van der Waals surface area contributed by atoms with E-state index in [4.69, 9.17) is 5.73 Å². The van der Waals surface area contributed by atoms with E-state index in [1.807, 2.05) is 72.8 Å². The monoisotopic (exact) mass is 549 g/mol. The number of nitrogens with one attached hydrogen (secondary N) is 3. The largest absolute Gasteiger partial charge is 0.343 e. The predicted molar refractivity (Wildman–Crippen MR) is 162 cm³/mol. The van der Waals surface area contributed by atoms with Crippen LogP contribution in [0.15, 0.2) is 84.9 Å². The number of hydrogen-bond acceptors (Lipinski definition) is 4. The van der Waals surface area contributed by atoms with Crippen LogP contribution in [0.4, 0.5) is 10.5 Å². The van der Waals surface area contributed by atoms with Crippen molar-refractivity contribution in [1.82, 2.24) is 16.0 Å². The van der Waals surface area contributed by atoms with Gasteiger partial charge in [0.2, 0.25) is 11.8 Å². The summed E-state index contributed by atoms with van der Waals surface area (Å²) in [7, 11) is 1.59. The minimum atomic E-state index is -0.704. The van der Waals surface area contributed by atoms with Crippen molar-refractivity contribution in [3.63, 3.8) is 0 Å². The van der Waals surface area contributed by atoms with Crippen molar-refractivity contribution >= 4 is 34.3 Å². The molecular formula is C33H35N5O3. The van der Waals surface area contributed by atoms with Crippen molar-refractivity contribution in [2.24, 2.45) is 5.73 Å². The maximum atomic E-state index is 13.9. The first-order chi connectivity index (χ1) is 19.9. The summed E-state index contributed by atoms with van der Waals surface area (Å²) in [5.74, 6) is -0.490. The maximum Gasteiger partial charge on any atom is 0.314 e. The van der Waals surface area contributed by atoms with Gasteiger partial charge < -0.3 is 26.6 Å². The van der Waals surface area contributed by atoms with Gasteiger partial charge in [0.1, 0.15) is 6.04 Å². The van der Waals surface area contributed by atoms with Crippen LogP contribution in [0, 0.1) is 0 Å². The summed E-state index contributed by atoms with van der Waals surface area (Å²) < 4.78 is 0. The van der Waals surface area contributed by atoms with Gasteiger partial charge in [0.15, 0.2) is 0 Å². The SMILES string of the molecule is CNC(=O)NCc1ccccc1-c1ccc(CN2C(=O)[C@H](NC(=O)[C@@H](C)N)CCc3c2ccc2ccccc32)cc1. The average Bonchev–Trinajstić information content (AvgIpc) is 3.12. The molecule has 8 heteroatoms. The molecule has 0 bridgehead atoms. The van der Waals surface area contributed by atoms with Crippen LogP contribution in [0.3, 0.4) is 0 Å². The normalized spacial score (nSPS) is 15.5. The number of carbonyl (C=O) groups excluding carboxylic acids is 3. The number of anilines is 1. The molecule has 0 unspecified atom stereocenters. The minimum Gasteiger partial charge on any atom is -0.343 e. The van der Waals surface area contributed by atoms with E-state index < -0.39 is 12.1 Å². The fourth-order valence-corrected chi connectivity index (χ4v) is 5.35. The summed E-state index contributed by atoms with van der Waals surface area (Å²) >= 11 is 0. The third-order valence-electron chi connectivity index (χ3n) is 7.57. The van der Waals surface area contributed by atoms with Crippen molar-refractivity contribution in [1.29, 1.82) is 0 Å². The van der Waals surface area contributed by atoms with Gasteiger partial charge in [0.25, 0.3) is 0 Å². The third-order valence-corrected chi connectivity index (χ3v) is 7.57. The van der Waals surface area contributed by atoms with Crippen LogP contribution in [0.5, 0.6) is 0 Å². The molecule has 8 nitrogen and oxygen atoms in total. The summed E-state index contributed by atoms with van der Waals surface area (Å²) in [4.78, 5) is 39.9. The lowest BCUT2D eigenvalue weighted by atomic mass is 9.97. The standard InChI is InChI=1S/C33H35N5O3/c1-21(34)31(39)37-29-17-16-28-27-10-6-3-7-23(27)15-18-30(28)38(32(29)40)20-22-11-13-24(14-12-22)26-9-5-4-8-25(26)19-36-33(41)35-2/h3-15,18,21,29H,16-17,19-20,34H2,1-2H3,(H,37,39)(H2,35,36,41)/t21-,29-/m1/s1. The minimum absolute atomic E-state index is 0.150. The van der Waals surface area contributed by atoms with E-state index in [0.717, 1.165) is 44.3 Å². The van der Waals surface area contributed by atoms with Crippen molar-refractivity contribution in [3.05, 3.63) is 102 Å². The molecule has 210 valence electrons. The van der Waals surface area contributed by atoms with E-state index >= 15 is 0 Å². The number of nitrogens with two attached hydrogens (primary N) is 1. The molecule has 0 fully saturated rings. The summed E-state index contributed by atoms with van der Waals surface area (Å²) in [6.45, 7) is 2.37. The van der Waals surface area contributed by atoms with Gasteiger partial charge in [-0.15, -0.1) is 0 Å². The van der Waals surface area contributed by atoms with Crippen LogP contribution >= 0.6 is 0 Å². The number of fused-ring (bicyclic) bond motifs is 3. The van der Waals surface area contributed by atoms with Gasteiger partial charge in [-0.25, -0.2) is 4.79 Å². The van der Waals surface area contributed by atoms with Gasteiger partial charge in [-0.3, -0.25) is 9.59 Å². The van der Waals surface area contributed by atoms with E-state index in [1.165, 1.54) is 0 Å². The molecule has 0 aliphatic carbocycles. The zero-order valence-corrected chi connectivity index (χ0v) is 23.3. The second kappa shape index (κ2) is 12.2. The Morgan fingerprint density at radius 2 is 1.71 bits per heavy atom. The molecule has 0 spiro atoms. The number of urea groups is 1. The van der Waals surface area contributed by atoms with E-state index in [9.17, 15) is 14.4 Å². The van der Waals surface area contributed by atoms with Crippen molar-refractivity contribution in [2.75, 3.05) is 11.9 Å². The van der Waals surface area contributed by atoms with Crippen molar-refractivity contribution in [2.45, 2.75) is 44.9 Å². The number of amides is 4. The third kappa shape index (κ3) is 6.07. The lowest BCUT2D eigenvalue weighted by molar-refractivity contribution is -0.128. The molecular weight excluding hydrogens is 514 g/mol. The second-order valence-corrected chi connectivity index (χ2v) is 10.4. The molecule has 5 N–H and O–H groups in total. The zero-order chi connectivity index (χ0) is 28.9. The molecule has 1 heterocycles. The van der Waals surface area contributed by atoms with Gasteiger partial charge >= 0.3 is 6.03 Å².